The molecule has 1 aliphatic carbocycles. The molecular weight excluding hydrogens is 316 g/mol. The van der Waals surface area contributed by atoms with Gasteiger partial charge in [-0.15, -0.1) is 0 Å². The molecule has 1 saturated carbocycles. The average molecular weight is 346 g/mol. The van der Waals surface area contributed by atoms with Gasteiger partial charge in [0, 0.05) is 45.2 Å². The van der Waals surface area contributed by atoms with Gasteiger partial charge in [0.1, 0.15) is 0 Å². The summed E-state index contributed by atoms with van der Waals surface area (Å²) in [7, 11) is 0. The summed E-state index contributed by atoms with van der Waals surface area (Å²) in [6.45, 7) is 4.57. The van der Waals surface area contributed by atoms with Crippen molar-refractivity contribution in [3.63, 3.8) is 0 Å². The number of carbonyl (C=O) groups is 1. The molecule has 25 heavy (non-hydrogen) atoms. The molecule has 2 aliphatic rings. The Balaban J connectivity index is 1.29. The normalized spacial score (nSPS) is 24.6. The molecule has 3 rings (SSSR count). The first kappa shape index (κ1) is 18.4. The van der Waals surface area contributed by atoms with Gasteiger partial charge >= 0.3 is 0 Å². The predicted octanol–water partition coefficient (Wildman–Crippen LogP) is 2.04. The van der Waals surface area contributed by atoms with E-state index >= 15 is 0 Å². The zero-order valence-electron chi connectivity index (χ0n) is 15.0. The number of rotatable bonds is 7. The first-order valence-electron chi connectivity index (χ1n) is 9.55. The van der Waals surface area contributed by atoms with E-state index in [0.717, 1.165) is 51.9 Å². The number of carbonyl (C=O) groups excluding carboxylic acids is 1. The lowest BCUT2D eigenvalue weighted by atomic mass is 10.1. The van der Waals surface area contributed by atoms with Gasteiger partial charge in [-0.05, 0) is 31.2 Å². The molecule has 138 valence electrons. The third-order valence-electron chi connectivity index (χ3n) is 5.37. The molecule has 1 heterocycles. The summed E-state index contributed by atoms with van der Waals surface area (Å²) in [5.41, 5.74) is 1.17. The number of benzene rings is 1. The second-order valence-corrected chi connectivity index (χ2v) is 7.12. The minimum atomic E-state index is -0.177. The second kappa shape index (κ2) is 9.32. The summed E-state index contributed by atoms with van der Waals surface area (Å²) in [5, 5.41) is 10.0. The molecule has 1 aliphatic heterocycles. The Morgan fingerprint density at radius 3 is 2.56 bits per heavy atom. The SMILES string of the molecule is O=C(CCCOCc1ccccc1)N1CCN([C@H]2CCC[C@@H]2O)CC1. The molecule has 1 saturated heterocycles. The Labute approximate surface area is 150 Å². The van der Waals surface area contributed by atoms with E-state index in [-0.39, 0.29) is 12.0 Å². The summed E-state index contributed by atoms with van der Waals surface area (Å²) in [5.74, 6) is 0.231. The van der Waals surface area contributed by atoms with Crippen LogP contribution in [0.5, 0.6) is 0 Å². The van der Waals surface area contributed by atoms with Gasteiger partial charge in [0.2, 0.25) is 5.91 Å². The minimum absolute atomic E-state index is 0.177. The molecule has 5 nitrogen and oxygen atoms in total. The molecule has 1 N–H and O–H groups in total. The van der Waals surface area contributed by atoms with Crippen LogP contribution in [0.25, 0.3) is 0 Å². The van der Waals surface area contributed by atoms with Crippen molar-refractivity contribution in [2.24, 2.45) is 0 Å². The highest BCUT2D eigenvalue weighted by Crippen LogP contribution is 2.25. The van der Waals surface area contributed by atoms with Crippen molar-refractivity contribution in [1.29, 1.82) is 0 Å². The third kappa shape index (κ3) is 5.27. The Bertz CT molecular complexity index is 529. The average Bonchev–Trinajstić information content (AvgIpc) is 3.08. The molecule has 0 radical (unpaired) electrons. The maximum atomic E-state index is 12.3. The van der Waals surface area contributed by atoms with Crippen LogP contribution in [0.1, 0.15) is 37.7 Å². The lowest BCUT2D eigenvalue weighted by molar-refractivity contribution is -0.133. The van der Waals surface area contributed by atoms with E-state index in [2.05, 4.69) is 4.90 Å². The smallest absolute Gasteiger partial charge is 0.222 e. The summed E-state index contributed by atoms with van der Waals surface area (Å²) >= 11 is 0. The maximum Gasteiger partial charge on any atom is 0.222 e. The van der Waals surface area contributed by atoms with Crippen molar-refractivity contribution < 1.29 is 14.6 Å². The van der Waals surface area contributed by atoms with E-state index in [1.54, 1.807) is 0 Å². The van der Waals surface area contributed by atoms with Gasteiger partial charge in [-0.1, -0.05) is 30.3 Å². The zero-order chi connectivity index (χ0) is 17.5. The summed E-state index contributed by atoms with van der Waals surface area (Å²) < 4.78 is 5.65. The van der Waals surface area contributed by atoms with E-state index in [4.69, 9.17) is 4.74 Å². The Kier molecular flexibility index (Phi) is 6.84. The fraction of sp³-hybridized carbons (Fsp3) is 0.650. The first-order chi connectivity index (χ1) is 12.2. The fourth-order valence-electron chi connectivity index (χ4n) is 3.90. The first-order valence-corrected chi connectivity index (χ1v) is 9.55. The number of aliphatic hydroxyl groups excluding tert-OH is 1. The number of amides is 1. The lowest BCUT2D eigenvalue weighted by Gasteiger charge is -2.39. The molecule has 1 aromatic rings. The zero-order valence-corrected chi connectivity index (χ0v) is 15.0. The van der Waals surface area contributed by atoms with Crippen LogP contribution < -0.4 is 0 Å². The van der Waals surface area contributed by atoms with Crippen molar-refractivity contribution >= 4 is 5.91 Å². The Morgan fingerprint density at radius 2 is 1.88 bits per heavy atom. The van der Waals surface area contributed by atoms with Crippen LogP contribution in [0.4, 0.5) is 0 Å². The molecule has 0 bridgehead atoms. The quantitative estimate of drug-likeness (QED) is 0.768. The number of aliphatic hydroxyl groups is 1. The van der Waals surface area contributed by atoms with Crippen LogP contribution in [-0.2, 0) is 16.1 Å². The topological polar surface area (TPSA) is 53.0 Å². The van der Waals surface area contributed by atoms with Crippen LogP contribution in [0.2, 0.25) is 0 Å². The molecule has 0 unspecified atom stereocenters. The molecule has 1 aromatic carbocycles. The van der Waals surface area contributed by atoms with Crippen LogP contribution in [0, 0.1) is 0 Å². The number of hydrogen-bond donors (Lipinski definition) is 1. The van der Waals surface area contributed by atoms with Crippen molar-refractivity contribution in [2.45, 2.75) is 50.9 Å². The van der Waals surface area contributed by atoms with E-state index in [9.17, 15) is 9.90 Å². The van der Waals surface area contributed by atoms with Gasteiger partial charge in [0.25, 0.3) is 0 Å². The van der Waals surface area contributed by atoms with Crippen molar-refractivity contribution in [3.8, 4) is 0 Å². The molecule has 2 atom stereocenters. The molecule has 0 aromatic heterocycles. The largest absolute Gasteiger partial charge is 0.391 e. The highest BCUT2D eigenvalue weighted by atomic mass is 16.5. The van der Waals surface area contributed by atoms with Crippen LogP contribution in [0.3, 0.4) is 0 Å². The van der Waals surface area contributed by atoms with Crippen molar-refractivity contribution in [3.05, 3.63) is 35.9 Å². The van der Waals surface area contributed by atoms with E-state index in [0.29, 0.717) is 25.7 Å². The van der Waals surface area contributed by atoms with Crippen LogP contribution >= 0.6 is 0 Å². The minimum Gasteiger partial charge on any atom is -0.391 e. The number of piperazine rings is 1. The number of ether oxygens (including phenoxy) is 1. The van der Waals surface area contributed by atoms with Gasteiger partial charge in [-0.2, -0.15) is 0 Å². The highest BCUT2D eigenvalue weighted by Gasteiger charge is 2.33. The molecule has 1 amide bonds. The van der Waals surface area contributed by atoms with Gasteiger partial charge in [-0.3, -0.25) is 9.69 Å². The second-order valence-electron chi connectivity index (χ2n) is 7.12. The number of hydrogen-bond acceptors (Lipinski definition) is 4. The monoisotopic (exact) mass is 346 g/mol. The van der Waals surface area contributed by atoms with Gasteiger partial charge in [0.15, 0.2) is 0 Å². The summed E-state index contributed by atoms with van der Waals surface area (Å²) in [6.07, 6.45) is 4.28. The van der Waals surface area contributed by atoms with Gasteiger partial charge in [-0.25, -0.2) is 0 Å². The fourth-order valence-corrected chi connectivity index (χ4v) is 3.90. The van der Waals surface area contributed by atoms with E-state index < -0.39 is 0 Å². The third-order valence-corrected chi connectivity index (χ3v) is 5.37. The highest BCUT2D eigenvalue weighted by molar-refractivity contribution is 5.76. The van der Waals surface area contributed by atoms with Gasteiger partial charge < -0.3 is 14.7 Å². The van der Waals surface area contributed by atoms with Crippen molar-refractivity contribution in [2.75, 3.05) is 32.8 Å². The molecule has 2 fully saturated rings. The Morgan fingerprint density at radius 1 is 1.12 bits per heavy atom. The van der Waals surface area contributed by atoms with Crippen LogP contribution in [-0.4, -0.2) is 65.7 Å². The summed E-state index contributed by atoms with van der Waals surface area (Å²) in [4.78, 5) is 16.7. The Hall–Kier alpha value is -1.43. The number of nitrogens with zero attached hydrogens (tertiary/aromatic N) is 2. The maximum absolute atomic E-state index is 12.3. The standard InChI is InChI=1S/C20H30N2O3/c23-19-9-4-8-18(19)21-11-13-22(14-12-21)20(24)10-5-15-25-16-17-6-2-1-3-7-17/h1-3,6-7,18-19,23H,4-5,8-16H2/t18-,19-/m0/s1. The summed E-state index contributed by atoms with van der Waals surface area (Å²) in [6, 6.07) is 10.4. The van der Waals surface area contributed by atoms with Crippen LogP contribution in [0.15, 0.2) is 30.3 Å². The van der Waals surface area contributed by atoms with Crippen molar-refractivity contribution in [1.82, 2.24) is 9.80 Å². The molecule has 5 heteroatoms. The molecule has 0 spiro atoms. The predicted molar refractivity (Wildman–Crippen MR) is 97.1 cm³/mol. The lowest BCUT2D eigenvalue weighted by Crippen LogP contribution is -2.53. The molecular formula is C20H30N2O3. The van der Waals surface area contributed by atoms with E-state index in [1.165, 1.54) is 5.56 Å². The van der Waals surface area contributed by atoms with E-state index in [1.807, 2.05) is 35.2 Å². The van der Waals surface area contributed by atoms with Gasteiger partial charge in [0.05, 0.1) is 12.7 Å².